The summed E-state index contributed by atoms with van der Waals surface area (Å²) in [6.07, 6.45) is 2.45. The third kappa shape index (κ3) is 5.13. The average molecular weight is 434 g/mol. The van der Waals surface area contributed by atoms with Crippen LogP contribution in [0.15, 0.2) is 11.6 Å². The Morgan fingerprint density at radius 2 is 1.90 bits per heavy atom. The number of cyclic esters (lactones) is 1. The number of fused-ring (bicyclic) bond motifs is 1. The zero-order valence-electron chi connectivity index (χ0n) is 19.3. The SMILES string of the molecule is COc1c(C)c2c(c(C(C)(C)C)c1CC=C(C)CCC(=O)O)C(=O)OC2O[Si](C)C. The van der Waals surface area contributed by atoms with Gasteiger partial charge < -0.3 is 19.0 Å². The summed E-state index contributed by atoms with van der Waals surface area (Å²) in [5, 5.41) is 8.93. The number of methoxy groups -OCH3 is 1. The molecule has 1 aliphatic rings. The van der Waals surface area contributed by atoms with Gasteiger partial charge in [-0.05, 0) is 50.8 Å². The van der Waals surface area contributed by atoms with Gasteiger partial charge in [-0.2, -0.15) is 0 Å². The lowest BCUT2D eigenvalue weighted by atomic mass is 9.76. The number of carbonyl (C=O) groups is 2. The second-order valence-electron chi connectivity index (χ2n) is 8.96. The van der Waals surface area contributed by atoms with Gasteiger partial charge in [0.25, 0.3) is 0 Å². The van der Waals surface area contributed by atoms with Gasteiger partial charge in [-0.1, -0.05) is 32.4 Å². The quantitative estimate of drug-likeness (QED) is 0.349. The minimum absolute atomic E-state index is 0.0954. The standard InChI is InChI=1S/C23H33O6Si/c1-13(10-12-16(24)25)9-11-15-19(23(3,4)5)18-17(14(2)20(15)27-6)22(28-21(18)26)29-30(7)8/h9,22H,10-12H2,1-8H3,(H,24,25). The van der Waals surface area contributed by atoms with Gasteiger partial charge in [-0.3, -0.25) is 4.79 Å². The molecule has 0 aromatic heterocycles. The molecule has 6 nitrogen and oxygen atoms in total. The molecular formula is C23H33O6Si. The van der Waals surface area contributed by atoms with Gasteiger partial charge in [0.1, 0.15) is 5.75 Å². The van der Waals surface area contributed by atoms with Crippen LogP contribution in [0.2, 0.25) is 13.1 Å². The number of ether oxygens (including phenoxy) is 2. The molecule has 0 saturated heterocycles. The summed E-state index contributed by atoms with van der Waals surface area (Å²) in [6, 6.07) is 0. The van der Waals surface area contributed by atoms with Crippen molar-refractivity contribution >= 4 is 21.0 Å². The number of carboxylic acids is 1. The van der Waals surface area contributed by atoms with Crippen LogP contribution in [-0.4, -0.2) is 33.2 Å². The van der Waals surface area contributed by atoms with Crippen LogP contribution < -0.4 is 4.74 Å². The van der Waals surface area contributed by atoms with E-state index in [1.54, 1.807) is 7.11 Å². The summed E-state index contributed by atoms with van der Waals surface area (Å²) in [5.74, 6) is -0.443. The molecule has 1 unspecified atom stereocenters. The summed E-state index contributed by atoms with van der Waals surface area (Å²) >= 11 is 0. The number of aliphatic carboxylic acids is 1. The Morgan fingerprint density at radius 1 is 1.27 bits per heavy atom. The molecule has 2 rings (SSSR count). The van der Waals surface area contributed by atoms with Crippen LogP contribution in [0.25, 0.3) is 0 Å². The van der Waals surface area contributed by atoms with Gasteiger partial charge in [-0.25, -0.2) is 4.79 Å². The van der Waals surface area contributed by atoms with Crippen molar-refractivity contribution in [1.82, 2.24) is 0 Å². The molecule has 30 heavy (non-hydrogen) atoms. The van der Waals surface area contributed by atoms with Gasteiger partial charge in [0.05, 0.1) is 12.7 Å². The highest BCUT2D eigenvalue weighted by molar-refractivity contribution is 6.48. The van der Waals surface area contributed by atoms with Crippen molar-refractivity contribution in [3.8, 4) is 5.75 Å². The molecule has 1 aliphatic heterocycles. The van der Waals surface area contributed by atoms with Gasteiger partial charge in [-0.15, -0.1) is 0 Å². The highest BCUT2D eigenvalue weighted by Gasteiger charge is 2.41. The van der Waals surface area contributed by atoms with E-state index in [1.165, 1.54) is 0 Å². The van der Waals surface area contributed by atoms with Crippen molar-refractivity contribution in [2.45, 2.75) is 78.7 Å². The number of esters is 1. The number of hydrogen-bond acceptors (Lipinski definition) is 5. The maximum absolute atomic E-state index is 12.9. The minimum atomic E-state index is -1.09. The van der Waals surface area contributed by atoms with Gasteiger partial charge in [0.2, 0.25) is 15.3 Å². The Labute approximate surface area is 180 Å². The van der Waals surface area contributed by atoms with E-state index in [0.29, 0.717) is 18.4 Å². The number of carboxylic acid groups (broad SMARTS) is 1. The number of benzene rings is 1. The summed E-state index contributed by atoms with van der Waals surface area (Å²) in [7, 11) is 0.547. The van der Waals surface area contributed by atoms with E-state index in [2.05, 4.69) is 20.8 Å². The molecule has 165 valence electrons. The lowest BCUT2D eigenvalue weighted by Crippen LogP contribution is -2.21. The Bertz CT molecular complexity index is 864. The highest BCUT2D eigenvalue weighted by atomic mass is 28.3. The van der Waals surface area contributed by atoms with Crippen LogP contribution in [0.1, 0.15) is 79.4 Å². The molecule has 7 heteroatoms. The monoisotopic (exact) mass is 433 g/mol. The summed E-state index contributed by atoms with van der Waals surface area (Å²) < 4.78 is 17.4. The normalized spacial score (nSPS) is 16.6. The van der Waals surface area contributed by atoms with Gasteiger partial charge in [0, 0.05) is 23.1 Å². The van der Waals surface area contributed by atoms with Gasteiger partial charge in [0.15, 0.2) is 0 Å². The molecule has 0 bridgehead atoms. The average Bonchev–Trinajstić information content (AvgIpc) is 2.92. The molecule has 0 fully saturated rings. The Balaban J connectivity index is 2.67. The molecule has 1 aromatic rings. The molecule has 0 amide bonds. The predicted molar refractivity (Wildman–Crippen MR) is 117 cm³/mol. The first-order valence-corrected chi connectivity index (χ1v) is 12.6. The molecule has 1 atom stereocenters. The third-order valence-electron chi connectivity index (χ3n) is 5.18. The molecular weight excluding hydrogens is 400 g/mol. The Hall–Kier alpha value is -2.12. The molecule has 1 aromatic carbocycles. The van der Waals surface area contributed by atoms with Crippen LogP contribution in [0.5, 0.6) is 5.75 Å². The lowest BCUT2D eigenvalue weighted by molar-refractivity contribution is -0.136. The number of hydrogen-bond donors (Lipinski definition) is 1. The van der Waals surface area contributed by atoms with E-state index in [1.807, 2.05) is 33.0 Å². The first-order chi connectivity index (χ1) is 13.9. The van der Waals surface area contributed by atoms with E-state index in [9.17, 15) is 9.59 Å². The van der Waals surface area contributed by atoms with E-state index < -0.39 is 21.3 Å². The zero-order chi connectivity index (χ0) is 22.8. The summed E-state index contributed by atoms with van der Waals surface area (Å²) in [6.45, 7) is 14.1. The maximum atomic E-state index is 12.9. The molecule has 0 aliphatic carbocycles. The molecule has 1 heterocycles. The summed E-state index contributed by atoms with van der Waals surface area (Å²) in [4.78, 5) is 23.8. The summed E-state index contributed by atoms with van der Waals surface area (Å²) in [5.41, 5.74) is 4.70. The fourth-order valence-electron chi connectivity index (χ4n) is 3.94. The van der Waals surface area contributed by atoms with E-state index in [4.69, 9.17) is 19.0 Å². The first kappa shape index (κ1) is 24.1. The molecule has 1 N–H and O–H groups in total. The van der Waals surface area contributed by atoms with Crippen molar-refractivity contribution in [1.29, 1.82) is 0 Å². The van der Waals surface area contributed by atoms with Gasteiger partial charge >= 0.3 is 11.9 Å². The van der Waals surface area contributed by atoms with Crippen LogP contribution in [0, 0.1) is 6.92 Å². The van der Waals surface area contributed by atoms with E-state index >= 15 is 0 Å². The van der Waals surface area contributed by atoms with Crippen molar-refractivity contribution in [3.63, 3.8) is 0 Å². The fraction of sp³-hybridized carbons (Fsp3) is 0.565. The second kappa shape index (κ2) is 9.35. The number of allylic oxidation sites excluding steroid dienone is 2. The number of carbonyl (C=O) groups excluding carboxylic acids is 1. The first-order valence-electron chi connectivity index (χ1n) is 10.2. The topological polar surface area (TPSA) is 82.1 Å². The minimum Gasteiger partial charge on any atom is -0.496 e. The van der Waals surface area contributed by atoms with Crippen LogP contribution in [-0.2, 0) is 25.8 Å². The van der Waals surface area contributed by atoms with Crippen molar-refractivity contribution in [3.05, 3.63) is 39.5 Å². The third-order valence-corrected chi connectivity index (χ3v) is 5.86. The Kier molecular flexibility index (Phi) is 7.53. The van der Waals surface area contributed by atoms with Crippen molar-refractivity contribution < 1.29 is 28.6 Å². The van der Waals surface area contributed by atoms with E-state index in [0.717, 1.165) is 33.6 Å². The molecule has 0 saturated carbocycles. The highest BCUT2D eigenvalue weighted by Crippen LogP contribution is 2.47. The van der Waals surface area contributed by atoms with Crippen LogP contribution >= 0.6 is 0 Å². The largest absolute Gasteiger partial charge is 0.496 e. The van der Waals surface area contributed by atoms with Crippen molar-refractivity contribution in [2.24, 2.45) is 0 Å². The fourth-order valence-corrected chi connectivity index (χ4v) is 4.53. The second-order valence-corrected chi connectivity index (χ2v) is 11.0. The predicted octanol–water partition coefficient (Wildman–Crippen LogP) is 5.09. The van der Waals surface area contributed by atoms with Crippen LogP contribution in [0.4, 0.5) is 0 Å². The molecule has 0 spiro atoms. The maximum Gasteiger partial charge on any atom is 0.341 e. The Morgan fingerprint density at radius 3 is 2.40 bits per heavy atom. The van der Waals surface area contributed by atoms with Crippen LogP contribution in [0.3, 0.4) is 0 Å². The molecule has 1 radical (unpaired) electrons. The van der Waals surface area contributed by atoms with Crippen molar-refractivity contribution in [2.75, 3.05) is 7.11 Å². The lowest BCUT2D eigenvalue weighted by Gasteiger charge is -2.28. The van der Waals surface area contributed by atoms with E-state index in [-0.39, 0.29) is 17.8 Å². The smallest absolute Gasteiger partial charge is 0.341 e. The number of rotatable bonds is 8. The zero-order valence-corrected chi connectivity index (χ0v) is 20.3.